The summed E-state index contributed by atoms with van der Waals surface area (Å²) in [6.07, 6.45) is 4.86. The fourth-order valence-corrected chi connectivity index (χ4v) is 2.99. The molecule has 102 valence electrons. The molecule has 1 fully saturated rings. The molecule has 0 aromatic carbocycles. The number of piperidine rings is 1. The van der Waals surface area contributed by atoms with E-state index in [0.29, 0.717) is 6.04 Å². The molecule has 18 heavy (non-hydrogen) atoms. The summed E-state index contributed by atoms with van der Waals surface area (Å²) in [6, 6.07) is 5.12. The Morgan fingerprint density at radius 3 is 2.78 bits per heavy atom. The average molecular weight is 250 g/mol. The first-order chi connectivity index (χ1) is 8.63. The maximum absolute atomic E-state index is 6.35. The summed E-state index contributed by atoms with van der Waals surface area (Å²) >= 11 is 0. The third-order valence-electron chi connectivity index (χ3n) is 4.14. The molecule has 3 nitrogen and oxygen atoms in total. The summed E-state index contributed by atoms with van der Waals surface area (Å²) in [5.41, 5.74) is 6.35. The molecular weight excluding hydrogens is 224 g/mol. The number of nitrogens with zero attached hydrogens (tertiary/aromatic N) is 1. The Bertz CT molecular complexity index is 374. The number of likely N-dealkylation sites (tertiary alicyclic amines) is 1. The molecule has 1 aliphatic heterocycles. The minimum Gasteiger partial charge on any atom is -0.465 e. The summed E-state index contributed by atoms with van der Waals surface area (Å²) in [4.78, 5) is 2.54. The van der Waals surface area contributed by atoms with E-state index in [9.17, 15) is 0 Å². The highest BCUT2D eigenvalue weighted by Crippen LogP contribution is 2.32. The van der Waals surface area contributed by atoms with Crippen LogP contribution in [0.5, 0.6) is 0 Å². The van der Waals surface area contributed by atoms with Crippen LogP contribution in [0.1, 0.15) is 57.1 Å². The van der Waals surface area contributed by atoms with Gasteiger partial charge in [0.2, 0.25) is 0 Å². The predicted octanol–water partition coefficient (Wildman–Crippen LogP) is 3.24. The van der Waals surface area contributed by atoms with Crippen molar-refractivity contribution in [2.24, 2.45) is 5.73 Å². The molecule has 2 heterocycles. The quantitative estimate of drug-likeness (QED) is 0.892. The van der Waals surface area contributed by atoms with Crippen LogP contribution in [0.4, 0.5) is 0 Å². The van der Waals surface area contributed by atoms with Gasteiger partial charge in [0, 0.05) is 12.1 Å². The summed E-state index contributed by atoms with van der Waals surface area (Å²) in [7, 11) is 0. The molecule has 1 aliphatic rings. The molecule has 1 aromatic heterocycles. The predicted molar refractivity (Wildman–Crippen MR) is 74.5 cm³/mol. The SMILES string of the molecule is CCC(N)C(c1ccc(C)o1)N1CCCCC1C. The van der Waals surface area contributed by atoms with E-state index >= 15 is 0 Å². The van der Waals surface area contributed by atoms with Crippen molar-refractivity contribution in [3.05, 3.63) is 23.7 Å². The molecule has 2 N–H and O–H groups in total. The zero-order valence-corrected chi connectivity index (χ0v) is 11.9. The van der Waals surface area contributed by atoms with E-state index in [-0.39, 0.29) is 12.1 Å². The van der Waals surface area contributed by atoms with Gasteiger partial charge < -0.3 is 10.2 Å². The Balaban J connectivity index is 2.24. The Morgan fingerprint density at radius 1 is 1.44 bits per heavy atom. The second-order valence-corrected chi connectivity index (χ2v) is 5.55. The second-order valence-electron chi connectivity index (χ2n) is 5.55. The molecular formula is C15H26N2O. The first-order valence-corrected chi connectivity index (χ1v) is 7.21. The standard InChI is InChI=1S/C15H26N2O/c1-4-13(16)15(14-9-8-12(3)18-14)17-10-6-5-7-11(17)2/h8-9,11,13,15H,4-7,10,16H2,1-3H3. The van der Waals surface area contributed by atoms with Crippen LogP contribution in [0.25, 0.3) is 0 Å². The van der Waals surface area contributed by atoms with Gasteiger partial charge in [-0.15, -0.1) is 0 Å². The van der Waals surface area contributed by atoms with Crippen molar-refractivity contribution < 1.29 is 4.42 Å². The molecule has 0 aliphatic carbocycles. The highest BCUT2D eigenvalue weighted by Gasteiger charge is 2.32. The van der Waals surface area contributed by atoms with Crippen LogP contribution in [0.3, 0.4) is 0 Å². The van der Waals surface area contributed by atoms with E-state index in [1.54, 1.807) is 0 Å². The number of hydrogen-bond donors (Lipinski definition) is 1. The summed E-state index contributed by atoms with van der Waals surface area (Å²) in [5, 5.41) is 0. The van der Waals surface area contributed by atoms with E-state index in [0.717, 1.165) is 24.5 Å². The number of furan rings is 1. The first-order valence-electron chi connectivity index (χ1n) is 7.21. The van der Waals surface area contributed by atoms with Crippen molar-refractivity contribution in [3.63, 3.8) is 0 Å². The zero-order chi connectivity index (χ0) is 13.1. The van der Waals surface area contributed by atoms with Gasteiger partial charge >= 0.3 is 0 Å². The van der Waals surface area contributed by atoms with Gasteiger partial charge in [0.05, 0.1) is 6.04 Å². The third-order valence-corrected chi connectivity index (χ3v) is 4.14. The normalized spacial score (nSPS) is 25.0. The lowest BCUT2D eigenvalue weighted by molar-refractivity contribution is 0.0745. The van der Waals surface area contributed by atoms with Gasteiger partial charge in [0.15, 0.2) is 0 Å². The van der Waals surface area contributed by atoms with E-state index in [1.807, 2.05) is 13.0 Å². The van der Waals surface area contributed by atoms with E-state index in [4.69, 9.17) is 10.2 Å². The van der Waals surface area contributed by atoms with Crippen molar-refractivity contribution in [1.82, 2.24) is 4.90 Å². The van der Waals surface area contributed by atoms with Gasteiger partial charge in [-0.3, -0.25) is 4.90 Å². The summed E-state index contributed by atoms with van der Waals surface area (Å²) in [5.74, 6) is 2.01. The molecule has 0 saturated carbocycles. The fraction of sp³-hybridized carbons (Fsp3) is 0.733. The van der Waals surface area contributed by atoms with Crippen molar-refractivity contribution in [3.8, 4) is 0 Å². The maximum Gasteiger partial charge on any atom is 0.122 e. The number of rotatable bonds is 4. The largest absolute Gasteiger partial charge is 0.465 e. The van der Waals surface area contributed by atoms with Crippen molar-refractivity contribution in [2.45, 2.75) is 64.6 Å². The lowest BCUT2D eigenvalue weighted by Gasteiger charge is -2.41. The number of nitrogens with two attached hydrogens (primary N) is 1. The number of aryl methyl sites for hydroxylation is 1. The molecule has 3 atom stereocenters. The van der Waals surface area contributed by atoms with Gasteiger partial charge in [-0.2, -0.15) is 0 Å². The monoisotopic (exact) mass is 250 g/mol. The Labute approximate surface area is 110 Å². The topological polar surface area (TPSA) is 42.4 Å². The molecule has 2 rings (SSSR count). The molecule has 1 saturated heterocycles. The van der Waals surface area contributed by atoms with Crippen LogP contribution < -0.4 is 5.73 Å². The van der Waals surface area contributed by atoms with Crippen molar-refractivity contribution in [2.75, 3.05) is 6.54 Å². The minimum absolute atomic E-state index is 0.149. The highest BCUT2D eigenvalue weighted by molar-refractivity contribution is 5.12. The Morgan fingerprint density at radius 2 is 2.22 bits per heavy atom. The van der Waals surface area contributed by atoms with Crippen LogP contribution in [0.2, 0.25) is 0 Å². The van der Waals surface area contributed by atoms with E-state index in [1.165, 1.54) is 19.3 Å². The van der Waals surface area contributed by atoms with Crippen molar-refractivity contribution in [1.29, 1.82) is 0 Å². The van der Waals surface area contributed by atoms with Gasteiger partial charge in [-0.05, 0) is 51.8 Å². The minimum atomic E-state index is 0.149. The van der Waals surface area contributed by atoms with Crippen molar-refractivity contribution >= 4 is 0 Å². The second kappa shape index (κ2) is 5.89. The summed E-state index contributed by atoms with van der Waals surface area (Å²) < 4.78 is 5.85. The van der Waals surface area contributed by atoms with Crippen LogP contribution >= 0.6 is 0 Å². The Hall–Kier alpha value is -0.800. The first kappa shape index (κ1) is 13.6. The van der Waals surface area contributed by atoms with E-state index < -0.39 is 0 Å². The molecule has 0 bridgehead atoms. The Kier molecular flexibility index (Phi) is 4.46. The van der Waals surface area contributed by atoms with Crippen LogP contribution in [0.15, 0.2) is 16.5 Å². The molecule has 0 amide bonds. The lowest BCUT2D eigenvalue weighted by atomic mass is 9.95. The summed E-state index contributed by atoms with van der Waals surface area (Å²) in [6.45, 7) is 7.60. The lowest BCUT2D eigenvalue weighted by Crippen LogP contribution is -2.47. The smallest absolute Gasteiger partial charge is 0.122 e. The molecule has 3 heteroatoms. The van der Waals surface area contributed by atoms with Gasteiger partial charge in [0.25, 0.3) is 0 Å². The average Bonchev–Trinajstić information content (AvgIpc) is 2.78. The molecule has 0 spiro atoms. The zero-order valence-electron chi connectivity index (χ0n) is 11.9. The number of hydrogen-bond acceptors (Lipinski definition) is 3. The molecule has 1 aromatic rings. The maximum atomic E-state index is 6.35. The fourth-order valence-electron chi connectivity index (χ4n) is 2.99. The van der Waals surface area contributed by atoms with Gasteiger partial charge in [-0.1, -0.05) is 13.3 Å². The molecule has 0 radical (unpaired) electrons. The van der Waals surface area contributed by atoms with Crippen LogP contribution in [0, 0.1) is 6.92 Å². The van der Waals surface area contributed by atoms with Gasteiger partial charge in [-0.25, -0.2) is 0 Å². The van der Waals surface area contributed by atoms with Crippen LogP contribution in [-0.4, -0.2) is 23.5 Å². The third kappa shape index (κ3) is 2.78. The highest BCUT2D eigenvalue weighted by atomic mass is 16.3. The van der Waals surface area contributed by atoms with Gasteiger partial charge in [0.1, 0.15) is 11.5 Å². The van der Waals surface area contributed by atoms with E-state index in [2.05, 4.69) is 24.8 Å². The van der Waals surface area contributed by atoms with Crippen LogP contribution in [-0.2, 0) is 0 Å². The molecule has 3 unspecified atom stereocenters.